The zero-order valence-electron chi connectivity index (χ0n) is 13.7. The number of aromatic nitrogens is 1. The number of nitrogens with one attached hydrogen (secondary N) is 1. The average Bonchev–Trinajstić information content (AvgIpc) is 3.07. The number of benzene rings is 3. The lowest BCUT2D eigenvalue weighted by molar-refractivity contribution is 0.102. The van der Waals surface area contributed by atoms with E-state index in [4.69, 9.17) is 0 Å². The lowest BCUT2D eigenvalue weighted by Crippen LogP contribution is -2.13. The molecule has 0 aliphatic rings. The van der Waals surface area contributed by atoms with Gasteiger partial charge in [-0.05, 0) is 37.3 Å². The topological polar surface area (TPSA) is 42.0 Å². The molecule has 0 radical (unpaired) electrons. The molecule has 0 saturated heterocycles. The Kier molecular flexibility index (Phi) is 4.04. The number of hydrogen-bond acceptors (Lipinski definition) is 3. The number of rotatable bonds is 3. The van der Waals surface area contributed by atoms with Crippen molar-refractivity contribution in [2.75, 3.05) is 5.32 Å². The van der Waals surface area contributed by atoms with E-state index < -0.39 is 0 Å². The summed E-state index contributed by atoms with van der Waals surface area (Å²) in [5, 5.41) is 3.82. The highest BCUT2D eigenvalue weighted by molar-refractivity contribution is 7.21. The van der Waals surface area contributed by atoms with E-state index in [0.717, 1.165) is 32.0 Å². The molecule has 0 aliphatic carbocycles. The summed E-state index contributed by atoms with van der Waals surface area (Å²) in [4.78, 5) is 17.5. The largest absolute Gasteiger partial charge is 0.322 e. The Labute approximate surface area is 150 Å². The molecule has 1 heterocycles. The normalized spacial score (nSPS) is 10.8. The molecule has 1 aromatic heterocycles. The second-order valence-corrected chi connectivity index (χ2v) is 6.88. The van der Waals surface area contributed by atoms with Crippen LogP contribution in [0, 0.1) is 6.92 Å². The van der Waals surface area contributed by atoms with Crippen LogP contribution in [0.4, 0.5) is 5.69 Å². The highest BCUT2D eigenvalue weighted by Gasteiger charge is 2.15. The third-order valence-electron chi connectivity index (χ3n) is 4.01. The molecule has 3 nitrogen and oxygen atoms in total. The Hall–Kier alpha value is -2.98. The van der Waals surface area contributed by atoms with Crippen LogP contribution in [0.5, 0.6) is 0 Å². The molecule has 3 aromatic carbocycles. The predicted molar refractivity (Wildman–Crippen MR) is 104 cm³/mol. The third kappa shape index (κ3) is 3.16. The fraction of sp³-hybridized carbons (Fsp3) is 0.0476. The van der Waals surface area contributed by atoms with E-state index in [1.165, 1.54) is 0 Å². The summed E-state index contributed by atoms with van der Waals surface area (Å²) in [6.45, 7) is 2.02. The molecule has 4 heteroatoms. The zero-order valence-corrected chi connectivity index (χ0v) is 14.5. The maximum atomic E-state index is 12.8. The third-order valence-corrected chi connectivity index (χ3v) is 5.08. The molecule has 4 rings (SSSR count). The number of carbonyl (C=O) groups excluding carboxylic acids is 1. The number of para-hydroxylation sites is 1. The van der Waals surface area contributed by atoms with Crippen molar-refractivity contribution in [3.05, 3.63) is 83.9 Å². The van der Waals surface area contributed by atoms with Crippen LogP contribution in [-0.4, -0.2) is 10.9 Å². The van der Waals surface area contributed by atoms with Gasteiger partial charge in [0.25, 0.3) is 5.91 Å². The monoisotopic (exact) mass is 344 g/mol. The average molecular weight is 344 g/mol. The van der Waals surface area contributed by atoms with Crippen LogP contribution in [-0.2, 0) is 0 Å². The summed E-state index contributed by atoms with van der Waals surface area (Å²) in [7, 11) is 0. The SMILES string of the molecule is Cc1ccc(NC(=O)c2ccccc2-c2nc3ccccc3s2)cc1. The van der Waals surface area contributed by atoms with Crippen LogP contribution in [0.1, 0.15) is 15.9 Å². The number of amides is 1. The molecule has 0 bridgehead atoms. The minimum Gasteiger partial charge on any atom is -0.322 e. The molecule has 1 amide bonds. The first kappa shape index (κ1) is 15.5. The van der Waals surface area contributed by atoms with Gasteiger partial charge in [-0.3, -0.25) is 4.79 Å². The summed E-state index contributed by atoms with van der Waals surface area (Å²) in [6.07, 6.45) is 0. The summed E-state index contributed by atoms with van der Waals surface area (Å²) in [5.41, 5.74) is 4.38. The summed E-state index contributed by atoms with van der Waals surface area (Å²) in [6, 6.07) is 23.4. The van der Waals surface area contributed by atoms with E-state index in [9.17, 15) is 4.79 Å². The number of nitrogens with zero attached hydrogens (tertiary/aromatic N) is 1. The van der Waals surface area contributed by atoms with Crippen LogP contribution in [0.2, 0.25) is 0 Å². The van der Waals surface area contributed by atoms with Crippen molar-refractivity contribution in [2.45, 2.75) is 6.92 Å². The van der Waals surface area contributed by atoms with Crippen molar-refractivity contribution in [3.63, 3.8) is 0 Å². The summed E-state index contributed by atoms with van der Waals surface area (Å²) in [5.74, 6) is -0.126. The second kappa shape index (κ2) is 6.49. The lowest BCUT2D eigenvalue weighted by Gasteiger charge is -2.09. The molecular formula is C21H16N2OS. The maximum Gasteiger partial charge on any atom is 0.256 e. The lowest BCUT2D eigenvalue weighted by atomic mass is 10.1. The first-order valence-corrected chi connectivity index (χ1v) is 8.85. The summed E-state index contributed by atoms with van der Waals surface area (Å²) >= 11 is 1.60. The molecule has 0 spiro atoms. The fourth-order valence-electron chi connectivity index (χ4n) is 2.69. The molecule has 0 saturated carbocycles. The Morgan fingerprint density at radius 1 is 0.920 bits per heavy atom. The van der Waals surface area contributed by atoms with Gasteiger partial charge in [0.15, 0.2) is 0 Å². The maximum absolute atomic E-state index is 12.8. The summed E-state index contributed by atoms with van der Waals surface area (Å²) < 4.78 is 1.12. The fourth-order valence-corrected chi connectivity index (χ4v) is 3.70. The molecular weight excluding hydrogens is 328 g/mol. The standard InChI is InChI=1S/C21H16N2OS/c1-14-10-12-15(13-11-14)22-20(24)16-6-2-3-7-17(16)21-23-18-8-4-5-9-19(18)25-21/h2-13H,1H3,(H,22,24). The number of thiazole rings is 1. The van der Waals surface area contributed by atoms with Gasteiger partial charge in [0, 0.05) is 16.8 Å². The van der Waals surface area contributed by atoms with Crippen molar-refractivity contribution in [1.82, 2.24) is 4.98 Å². The van der Waals surface area contributed by atoms with Gasteiger partial charge in [-0.25, -0.2) is 4.98 Å². The molecule has 122 valence electrons. The van der Waals surface area contributed by atoms with E-state index in [1.54, 1.807) is 11.3 Å². The smallest absolute Gasteiger partial charge is 0.256 e. The van der Waals surface area contributed by atoms with Crippen molar-refractivity contribution >= 4 is 33.1 Å². The van der Waals surface area contributed by atoms with Gasteiger partial charge >= 0.3 is 0 Å². The van der Waals surface area contributed by atoms with Crippen LogP contribution >= 0.6 is 11.3 Å². The molecule has 0 unspecified atom stereocenters. The van der Waals surface area contributed by atoms with Gasteiger partial charge in [0.2, 0.25) is 0 Å². The van der Waals surface area contributed by atoms with Gasteiger partial charge in [-0.1, -0.05) is 48.0 Å². The molecule has 0 fully saturated rings. The van der Waals surface area contributed by atoms with Crippen LogP contribution in [0.25, 0.3) is 20.8 Å². The molecule has 0 aliphatic heterocycles. The number of fused-ring (bicyclic) bond motifs is 1. The predicted octanol–water partition coefficient (Wildman–Crippen LogP) is 5.52. The van der Waals surface area contributed by atoms with Crippen molar-refractivity contribution in [3.8, 4) is 10.6 Å². The Balaban J connectivity index is 1.70. The number of hydrogen-bond donors (Lipinski definition) is 1. The van der Waals surface area contributed by atoms with Gasteiger partial charge < -0.3 is 5.32 Å². The Morgan fingerprint density at radius 3 is 2.44 bits per heavy atom. The van der Waals surface area contributed by atoms with Crippen molar-refractivity contribution in [2.24, 2.45) is 0 Å². The Bertz CT molecular complexity index is 1020. The molecule has 4 aromatic rings. The number of carbonyl (C=O) groups is 1. The van der Waals surface area contributed by atoms with Crippen LogP contribution < -0.4 is 5.32 Å². The van der Waals surface area contributed by atoms with E-state index in [0.29, 0.717) is 5.56 Å². The van der Waals surface area contributed by atoms with Gasteiger partial charge in [0.1, 0.15) is 5.01 Å². The second-order valence-electron chi connectivity index (χ2n) is 5.85. The number of aryl methyl sites for hydroxylation is 1. The van der Waals surface area contributed by atoms with Gasteiger partial charge in [-0.2, -0.15) is 0 Å². The zero-order chi connectivity index (χ0) is 17.2. The van der Waals surface area contributed by atoms with E-state index >= 15 is 0 Å². The van der Waals surface area contributed by atoms with E-state index in [-0.39, 0.29) is 5.91 Å². The van der Waals surface area contributed by atoms with E-state index in [1.807, 2.05) is 79.7 Å². The first-order chi connectivity index (χ1) is 12.2. The van der Waals surface area contributed by atoms with Crippen LogP contribution in [0.3, 0.4) is 0 Å². The van der Waals surface area contributed by atoms with E-state index in [2.05, 4.69) is 10.3 Å². The molecule has 0 atom stereocenters. The number of anilines is 1. The highest BCUT2D eigenvalue weighted by atomic mass is 32.1. The van der Waals surface area contributed by atoms with Gasteiger partial charge in [-0.15, -0.1) is 11.3 Å². The van der Waals surface area contributed by atoms with Gasteiger partial charge in [0.05, 0.1) is 10.2 Å². The first-order valence-electron chi connectivity index (χ1n) is 8.04. The minimum absolute atomic E-state index is 0.126. The Morgan fingerprint density at radius 2 is 1.64 bits per heavy atom. The minimum atomic E-state index is -0.126. The highest BCUT2D eigenvalue weighted by Crippen LogP contribution is 2.32. The molecule has 1 N–H and O–H groups in total. The van der Waals surface area contributed by atoms with Crippen molar-refractivity contribution < 1.29 is 4.79 Å². The van der Waals surface area contributed by atoms with Crippen molar-refractivity contribution in [1.29, 1.82) is 0 Å². The molecule has 25 heavy (non-hydrogen) atoms. The van der Waals surface area contributed by atoms with Crippen LogP contribution in [0.15, 0.2) is 72.8 Å². The quantitative estimate of drug-likeness (QED) is 0.531.